The van der Waals surface area contributed by atoms with Gasteiger partial charge in [-0.2, -0.15) is 0 Å². The zero-order chi connectivity index (χ0) is 37.6. The second-order valence-corrected chi connectivity index (χ2v) is 14.8. The molecule has 3 N–H and O–H groups in total. The molecule has 0 radical (unpaired) electrons. The van der Waals surface area contributed by atoms with Crippen LogP contribution in [0.4, 0.5) is 11.4 Å². The molecule has 0 spiro atoms. The Balaban J connectivity index is 1.70. The van der Waals surface area contributed by atoms with Crippen molar-refractivity contribution < 1.29 is 29.0 Å². The van der Waals surface area contributed by atoms with Crippen LogP contribution in [0.1, 0.15) is 143 Å². The van der Waals surface area contributed by atoms with E-state index >= 15 is 0 Å². The van der Waals surface area contributed by atoms with Crippen LogP contribution in [0, 0.1) is 11.3 Å². The highest BCUT2D eigenvalue weighted by atomic mass is 35.5. The lowest BCUT2D eigenvalue weighted by Gasteiger charge is -2.23. The van der Waals surface area contributed by atoms with Crippen LogP contribution in [0.5, 0.6) is 17.5 Å². The van der Waals surface area contributed by atoms with E-state index in [1.807, 2.05) is 6.92 Å². The summed E-state index contributed by atoms with van der Waals surface area (Å²) in [6, 6.07) is 1.33. The lowest BCUT2D eigenvalue weighted by molar-refractivity contribution is -0.134. The van der Waals surface area contributed by atoms with Gasteiger partial charge < -0.3 is 25.2 Å². The van der Waals surface area contributed by atoms with Crippen LogP contribution in [0.15, 0.2) is 16.9 Å². The van der Waals surface area contributed by atoms with Crippen LogP contribution in [0.2, 0.25) is 5.02 Å². The molecule has 1 saturated carbocycles. The summed E-state index contributed by atoms with van der Waals surface area (Å²) in [6.07, 6.45) is 18.9. The number of Topliss-reactive ketones (excluding diaryl/α,β-unsaturated/α-hetero) is 1. The van der Waals surface area contributed by atoms with E-state index < -0.39 is 34.7 Å². The molecule has 11 nitrogen and oxygen atoms in total. The predicted octanol–water partition coefficient (Wildman–Crippen LogP) is 8.95. The zero-order valence-electron chi connectivity index (χ0n) is 31.7. The Morgan fingerprint density at radius 1 is 0.863 bits per heavy atom. The third-order valence-electron chi connectivity index (χ3n) is 10.1. The van der Waals surface area contributed by atoms with Crippen molar-refractivity contribution in [1.82, 2.24) is 9.13 Å². The molecule has 1 aromatic carbocycles. The molecule has 0 bridgehead atoms. The van der Waals surface area contributed by atoms with Crippen LogP contribution in [-0.2, 0) is 21.4 Å². The summed E-state index contributed by atoms with van der Waals surface area (Å²) in [7, 11) is 2.67. The molecule has 2 aromatic rings. The van der Waals surface area contributed by atoms with Crippen LogP contribution >= 0.6 is 11.6 Å². The molecule has 51 heavy (non-hydrogen) atoms. The number of benzene rings is 1. The minimum absolute atomic E-state index is 0.170. The number of hydrogen-bond donors (Lipinski definition) is 3. The number of hydrogen-bond acceptors (Lipinski definition) is 7. The smallest absolute Gasteiger partial charge is 0.334 e. The summed E-state index contributed by atoms with van der Waals surface area (Å²) in [5.41, 5.74) is -1.13. The van der Waals surface area contributed by atoms with E-state index in [4.69, 9.17) is 21.1 Å². The minimum atomic E-state index is -1.68. The molecule has 1 aliphatic carbocycles. The average Bonchev–Trinajstić information content (AvgIpc) is 3.88. The second-order valence-electron chi connectivity index (χ2n) is 14.4. The molecule has 1 aromatic heterocycles. The van der Waals surface area contributed by atoms with Crippen molar-refractivity contribution in [3.05, 3.63) is 27.6 Å². The highest BCUT2D eigenvalue weighted by Gasteiger charge is 2.53. The lowest BCUT2D eigenvalue weighted by Crippen LogP contribution is -2.41. The largest absolute Gasteiger partial charge is 0.491 e. The maximum absolute atomic E-state index is 14.1. The number of aromatic nitrogens is 2. The fraction of sp³-hybridized carbons (Fsp3) is 0.692. The predicted molar refractivity (Wildman–Crippen MR) is 203 cm³/mol. The molecular formula is C39H61ClN4O7. The summed E-state index contributed by atoms with van der Waals surface area (Å²) >= 11 is 6.57. The van der Waals surface area contributed by atoms with Gasteiger partial charge in [0.1, 0.15) is 5.75 Å². The van der Waals surface area contributed by atoms with E-state index in [-0.39, 0.29) is 39.9 Å². The van der Waals surface area contributed by atoms with Crippen molar-refractivity contribution in [2.75, 3.05) is 24.4 Å². The average molecular weight is 733 g/mol. The van der Waals surface area contributed by atoms with Crippen molar-refractivity contribution in [2.45, 2.75) is 143 Å². The van der Waals surface area contributed by atoms with Gasteiger partial charge in [0.05, 0.1) is 30.1 Å². The number of nitrogens with one attached hydrogen (secondary N) is 2. The lowest BCUT2D eigenvalue weighted by atomic mass is 9.91. The molecule has 1 unspecified atom stereocenters. The van der Waals surface area contributed by atoms with E-state index in [0.29, 0.717) is 25.9 Å². The SMILES string of the molecule is CCCCCCCCCCCCCCCCOc1cc(Cl)c(NC(=O)C(C)C)cc1NC(=O)C(C(=O)C1(CC)CC1)n1c(O)c(OC)n(C)c1=O. The Labute approximate surface area is 308 Å². The highest BCUT2D eigenvalue weighted by molar-refractivity contribution is 6.34. The molecule has 1 atom stereocenters. The number of halogens is 1. The van der Waals surface area contributed by atoms with Crippen molar-refractivity contribution in [2.24, 2.45) is 18.4 Å². The third kappa shape index (κ3) is 11.5. The van der Waals surface area contributed by atoms with Crippen LogP contribution in [0.3, 0.4) is 0 Å². The first-order chi connectivity index (χ1) is 24.4. The van der Waals surface area contributed by atoms with Gasteiger partial charge in [0.15, 0.2) is 11.8 Å². The molecule has 12 heteroatoms. The zero-order valence-corrected chi connectivity index (χ0v) is 32.5. The van der Waals surface area contributed by atoms with Gasteiger partial charge in [-0.15, -0.1) is 0 Å². The number of ether oxygens (including phenoxy) is 2. The van der Waals surface area contributed by atoms with Gasteiger partial charge >= 0.3 is 5.69 Å². The van der Waals surface area contributed by atoms with Gasteiger partial charge in [-0.25, -0.2) is 9.36 Å². The number of ketones is 1. The molecule has 286 valence electrons. The fourth-order valence-electron chi connectivity index (χ4n) is 6.45. The first kappa shape index (κ1) is 41.9. The van der Waals surface area contributed by atoms with Crippen LogP contribution in [0.25, 0.3) is 0 Å². The van der Waals surface area contributed by atoms with Gasteiger partial charge in [-0.05, 0) is 31.7 Å². The summed E-state index contributed by atoms with van der Waals surface area (Å²) < 4.78 is 13.1. The van der Waals surface area contributed by atoms with Crippen molar-refractivity contribution in [1.29, 1.82) is 0 Å². The first-order valence-corrected chi connectivity index (χ1v) is 19.5. The standard InChI is InChI=1S/C39H61ClN4O7/c1-7-9-10-11-12-13-14-15-16-17-18-19-20-21-24-51-31-25-28(40)29(41-34(46)27(3)4)26-30(31)42-35(47)32(33(45)39(8-2)22-23-39)44-36(48)37(50-6)43(5)38(44)49/h25-27,32,48H,7-24H2,1-6H3,(H,41,46)(H,42,47). The summed E-state index contributed by atoms with van der Waals surface area (Å²) in [5, 5.41) is 16.7. The normalized spacial score (nSPS) is 14.0. The topological polar surface area (TPSA) is 141 Å². The van der Waals surface area contributed by atoms with Crippen LogP contribution < -0.4 is 25.8 Å². The van der Waals surface area contributed by atoms with E-state index in [2.05, 4.69) is 17.6 Å². The maximum Gasteiger partial charge on any atom is 0.334 e. The fourth-order valence-corrected chi connectivity index (χ4v) is 6.65. The number of nitrogens with zero attached hydrogens (tertiary/aromatic N) is 2. The number of methoxy groups -OCH3 is 1. The van der Waals surface area contributed by atoms with E-state index in [0.717, 1.165) is 28.4 Å². The molecular weight excluding hydrogens is 672 g/mol. The van der Waals surface area contributed by atoms with Gasteiger partial charge in [0.2, 0.25) is 5.91 Å². The number of unbranched alkanes of at least 4 members (excludes halogenated alkanes) is 13. The van der Waals surface area contributed by atoms with Gasteiger partial charge in [-0.3, -0.25) is 19.0 Å². The molecule has 1 aliphatic rings. The third-order valence-corrected chi connectivity index (χ3v) is 10.4. The summed E-state index contributed by atoms with van der Waals surface area (Å²) in [6.45, 7) is 7.97. The number of anilines is 2. The van der Waals surface area contributed by atoms with Gasteiger partial charge in [0.25, 0.3) is 17.7 Å². The molecule has 0 aliphatic heterocycles. The van der Waals surface area contributed by atoms with Crippen molar-refractivity contribution in [3.63, 3.8) is 0 Å². The van der Waals surface area contributed by atoms with E-state index in [1.54, 1.807) is 13.8 Å². The first-order valence-electron chi connectivity index (χ1n) is 19.1. The summed E-state index contributed by atoms with van der Waals surface area (Å²) in [5.74, 6) is -2.45. The maximum atomic E-state index is 14.1. The Bertz CT molecular complexity index is 1510. The summed E-state index contributed by atoms with van der Waals surface area (Å²) in [4.78, 5) is 53.9. The Hall–Kier alpha value is -3.47. The quantitative estimate of drug-likeness (QED) is 0.0684. The van der Waals surface area contributed by atoms with Crippen LogP contribution in [-0.4, -0.2) is 45.6 Å². The Kier molecular flexibility index (Phi) is 16.9. The second kappa shape index (κ2) is 20.5. The molecule has 1 heterocycles. The van der Waals surface area contributed by atoms with Gasteiger partial charge in [0, 0.05) is 24.4 Å². The number of rotatable bonds is 25. The Morgan fingerprint density at radius 2 is 1.39 bits per heavy atom. The molecule has 1 fully saturated rings. The van der Waals surface area contributed by atoms with E-state index in [9.17, 15) is 24.3 Å². The minimum Gasteiger partial charge on any atom is -0.491 e. The molecule has 3 rings (SSSR count). The van der Waals surface area contributed by atoms with Gasteiger partial charge in [-0.1, -0.05) is 123 Å². The molecule has 2 amide bonds. The number of imidazole rings is 1. The number of carbonyl (C=O) groups is 3. The molecule has 0 saturated heterocycles. The highest BCUT2D eigenvalue weighted by Crippen LogP contribution is 2.52. The van der Waals surface area contributed by atoms with Crippen molar-refractivity contribution >= 4 is 40.6 Å². The number of carbonyl (C=O) groups excluding carboxylic acids is 3. The number of aromatic hydroxyl groups is 1. The van der Waals surface area contributed by atoms with Crippen molar-refractivity contribution in [3.8, 4) is 17.5 Å². The van der Waals surface area contributed by atoms with E-state index in [1.165, 1.54) is 96.9 Å². The number of amides is 2. The Morgan fingerprint density at radius 3 is 1.86 bits per heavy atom. The monoisotopic (exact) mass is 732 g/mol.